The molecule has 0 spiro atoms. The van der Waals surface area contributed by atoms with E-state index in [4.69, 9.17) is 4.52 Å². The van der Waals surface area contributed by atoms with E-state index in [1.165, 1.54) is 24.1 Å². The van der Waals surface area contributed by atoms with Gasteiger partial charge in [0.25, 0.3) is 8.45 Å². The largest absolute Gasteiger partial charge is 0.439 e. The number of fused-ring (bicyclic) bond motifs is 1. The van der Waals surface area contributed by atoms with Crippen LogP contribution in [0.15, 0.2) is 53.0 Å². The molecule has 2 aliphatic rings. The molecule has 0 aromatic heterocycles. The van der Waals surface area contributed by atoms with Crippen LogP contribution in [0.4, 0.5) is 5.69 Å². The van der Waals surface area contributed by atoms with Crippen molar-refractivity contribution in [1.29, 1.82) is 0 Å². The first-order valence-corrected chi connectivity index (χ1v) is 10.0. The summed E-state index contributed by atoms with van der Waals surface area (Å²) in [5, 5.41) is 0. The van der Waals surface area contributed by atoms with Crippen LogP contribution >= 0.6 is 24.4 Å². The molecule has 3 radical (unpaired) electrons. The minimum atomic E-state index is -0.791. The van der Waals surface area contributed by atoms with Gasteiger partial charge < -0.3 is 9.19 Å². The van der Waals surface area contributed by atoms with Crippen molar-refractivity contribution in [1.82, 2.24) is 4.67 Å². The van der Waals surface area contributed by atoms with Crippen molar-refractivity contribution in [2.75, 3.05) is 17.8 Å². The highest BCUT2D eigenvalue weighted by Crippen LogP contribution is 2.57. The summed E-state index contributed by atoms with van der Waals surface area (Å²) in [6.45, 7) is 4.31. The Bertz CT molecular complexity index is 703. The Labute approximate surface area is 155 Å². The van der Waals surface area contributed by atoms with E-state index in [-0.39, 0.29) is 8.41 Å². The van der Waals surface area contributed by atoms with E-state index in [1.807, 2.05) is 0 Å². The molecule has 123 valence electrons. The van der Waals surface area contributed by atoms with E-state index in [0.717, 1.165) is 23.3 Å². The second kappa shape index (κ2) is 7.47. The molecule has 2 atom stereocenters. The topological polar surface area (TPSA) is 15.7 Å². The molecule has 6 heteroatoms. The number of hydrogen-bond donors (Lipinski definition) is 0. The third-order valence-electron chi connectivity index (χ3n) is 4.48. The predicted octanol–water partition coefficient (Wildman–Crippen LogP) is 4.97. The van der Waals surface area contributed by atoms with Crippen LogP contribution < -0.4 is 9.19 Å². The molecule has 0 N–H and O–H groups in total. The van der Waals surface area contributed by atoms with Crippen LogP contribution in [0.1, 0.15) is 18.4 Å². The van der Waals surface area contributed by atoms with E-state index < -0.39 is 8.45 Å². The van der Waals surface area contributed by atoms with Crippen LogP contribution in [-0.4, -0.2) is 32.2 Å². The average molecular weight is 402 g/mol. The number of aryl methyl sites for hydroxylation is 1. The first-order chi connectivity index (χ1) is 11.2. The van der Waals surface area contributed by atoms with Crippen LogP contribution in [-0.2, 0) is 0 Å². The third-order valence-corrected chi connectivity index (χ3v) is 7.23. The molecular weight excluding hydrogens is 382 g/mol. The summed E-state index contributed by atoms with van der Waals surface area (Å²) < 4.78 is 12.6. The normalized spacial score (nSPS) is 23.0. The molecule has 0 aliphatic carbocycles. The Morgan fingerprint density at radius 3 is 2.71 bits per heavy atom. The van der Waals surface area contributed by atoms with Gasteiger partial charge in [0.15, 0.2) is 0 Å². The lowest BCUT2D eigenvalue weighted by atomic mass is 10.2. The lowest BCUT2D eigenvalue weighted by Gasteiger charge is -2.29. The zero-order valence-electron chi connectivity index (χ0n) is 13.7. The van der Waals surface area contributed by atoms with Gasteiger partial charge in [0, 0.05) is 33.2 Å². The number of nitrogens with zero attached hydrogens (tertiary/aromatic N) is 2. The fourth-order valence-electron chi connectivity index (χ4n) is 3.31. The highest BCUT2D eigenvalue weighted by molar-refractivity contribution is 9.10. The van der Waals surface area contributed by atoms with Crippen molar-refractivity contribution in [2.45, 2.75) is 25.8 Å². The summed E-state index contributed by atoms with van der Waals surface area (Å²) >= 11 is 3.65. The summed E-state index contributed by atoms with van der Waals surface area (Å²) in [4.78, 5) is 0. The number of halogens is 1. The van der Waals surface area contributed by atoms with Crippen LogP contribution in [0.3, 0.4) is 0 Å². The zero-order valence-corrected chi connectivity index (χ0v) is 16.2. The standard InChI is InChI=1S/C18H20BrN2OP.B/c1-14-9-10-18(17(19)12-14)22-23-20-11-5-8-16(20)13-21(23)15-6-3-2-4-7-15;/h2-4,6-7,9-10,12,16H,5,8,11,13H2,1H3;/t16-,23-;/m0./s1. The summed E-state index contributed by atoms with van der Waals surface area (Å²) in [6, 6.07) is 17.6. The minimum Gasteiger partial charge on any atom is -0.439 e. The van der Waals surface area contributed by atoms with E-state index in [0.29, 0.717) is 6.04 Å². The fourth-order valence-corrected chi connectivity index (χ4v) is 6.27. The molecule has 2 aromatic rings. The number of para-hydroxylation sites is 1. The Hall–Kier alpha value is -1.03. The summed E-state index contributed by atoms with van der Waals surface area (Å²) in [5.41, 5.74) is 2.50. The monoisotopic (exact) mass is 401 g/mol. The van der Waals surface area contributed by atoms with Gasteiger partial charge in [-0.25, -0.2) is 4.67 Å². The lowest BCUT2D eigenvalue weighted by molar-refractivity contribution is 0.431. The van der Waals surface area contributed by atoms with E-state index in [1.54, 1.807) is 0 Å². The van der Waals surface area contributed by atoms with Crippen molar-refractivity contribution in [3.8, 4) is 5.75 Å². The number of benzene rings is 2. The van der Waals surface area contributed by atoms with Gasteiger partial charge in [0.05, 0.1) is 4.47 Å². The Balaban J connectivity index is 0.00000169. The number of hydrogen-bond acceptors (Lipinski definition) is 3. The van der Waals surface area contributed by atoms with Crippen molar-refractivity contribution in [2.24, 2.45) is 0 Å². The molecule has 0 unspecified atom stereocenters. The van der Waals surface area contributed by atoms with Gasteiger partial charge in [-0.15, -0.1) is 0 Å². The van der Waals surface area contributed by atoms with Crippen molar-refractivity contribution >= 4 is 38.5 Å². The predicted molar refractivity (Wildman–Crippen MR) is 106 cm³/mol. The van der Waals surface area contributed by atoms with Gasteiger partial charge in [0.1, 0.15) is 5.75 Å². The first kappa shape index (κ1) is 17.8. The number of anilines is 1. The quantitative estimate of drug-likeness (QED) is 0.533. The molecule has 0 amide bonds. The average Bonchev–Trinajstić information content (AvgIpc) is 3.13. The second-order valence-corrected chi connectivity index (χ2v) is 8.69. The van der Waals surface area contributed by atoms with Gasteiger partial charge in [-0.3, -0.25) is 0 Å². The zero-order chi connectivity index (χ0) is 15.8. The Kier molecular flexibility index (Phi) is 5.54. The molecule has 3 nitrogen and oxygen atoms in total. The molecular formula is C18H20BBrN2OP. The van der Waals surface area contributed by atoms with Gasteiger partial charge in [-0.05, 0) is 65.5 Å². The Morgan fingerprint density at radius 2 is 1.96 bits per heavy atom. The Morgan fingerprint density at radius 1 is 1.17 bits per heavy atom. The first-order valence-electron chi connectivity index (χ1n) is 8.06. The van der Waals surface area contributed by atoms with Crippen LogP contribution in [0, 0.1) is 6.92 Å². The van der Waals surface area contributed by atoms with Gasteiger partial charge in [-0.1, -0.05) is 24.3 Å². The third kappa shape index (κ3) is 3.35. The molecule has 2 fully saturated rings. The van der Waals surface area contributed by atoms with Gasteiger partial charge in [0.2, 0.25) is 0 Å². The molecule has 0 bridgehead atoms. The highest BCUT2D eigenvalue weighted by atomic mass is 79.9. The smallest absolute Gasteiger partial charge is 0.279 e. The van der Waals surface area contributed by atoms with Crippen molar-refractivity contribution in [3.05, 3.63) is 58.6 Å². The van der Waals surface area contributed by atoms with Crippen LogP contribution in [0.25, 0.3) is 0 Å². The molecule has 2 heterocycles. The van der Waals surface area contributed by atoms with E-state index in [9.17, 15) is 0 Å². The van der Waals surface area contributed by atoms with Gasteiger partial charge in [-0.2, -0.15) is 0 Å². The molecule has 2 aromatic carbocycles. The number of rotatable bonds is 3. The van der Waals surface area contributed by atoms with E-state index in [2.05, 4.69) is 80.7 Å². The maximum Gasteiger partial charge on any atom is 0.279 e. The molecule has 24 heavy (non-hydrogen) atoms. The SMILES string of the molecule is Cc1ccc(O[P@]2N(c3ccccc3)C[C@@H]3CCCN32)c(Br)c1.[B]. The minimum absolute atomic E-state index is 0. The highest BCUT2D eigenvalue weighted by Gasteiger charge is 2.45. The van der Waals surface area contributed by atoms with Crippen molar-refractivity contribution in [3.63, 3.8) is 0 Å². The summed E-state index contributed by atoms with van der Waals surface area (Å²) in [6.07, 6.45) is 2.56. The summed E-state index contributed by atoms with van der Waals surface area (Å²) in [7, 11) is -0.791. The van der Waals surface area contributed by atoms with Crippen LogP contribution in [0.2, 0.25) is 0 Å². The van der Waals surface area contributed by atoms with Crippen LogP contribution in [0.5, 0.6) is 5.75 Å². The lowest BCUT2D eigenvalue weighted by Crippen LogP contribution is -2.20. The van der Waals surface area contributed by atoms with E-state index >= 15 is 0 Å². The maximum absolute atomic E-state index is 6.51. The van der Waals surface area contributed by atoms with Gasteiger partial charge >= 0.3 is 0 Å². The summed E-state index contributed by atoms with van der Waals surface area (Å²) in [5.74, 6) is 0.940. The fraction of sp³-hybridized carbons (Fsp3) is 0.333. The molecule has 0 saturated carbocycles. The molecule has 2 aliphatic heterocycles. The maximum atomic E-state index is 6.51. The molecule has 4 rings (SSSR count). The molecule has 2 saturated heterocycles. The van der Waals surface area contributed by atoms with Crippen molar-refractivity contribution < 1.29 is 4.52 Å². The second-order valence-electron chi connectivity index (χ2n) is 6.15.